The molecule has 0 radical (unpaired) electrons. The van der Waals surface area contributed by atoms with Gasteiger partial charge in [0.05, 0.1) is 0 Å². The summed E-state index contributed by atoms with van der Waals surface area (Å²) in [6.45, 7) is 1.68. The maximum absolute atomic E-state index is 12.2. The molecule has 0 aromatic heterocycles. The third-order valence-corrected chi connectivity index (χ3v) is 3.70. The number of hydrogen-bond donors (Lipinski definition) is 1. The summed E-state index contributed by atoms with van der Waals surface area (Å²) in [6, 6.07) is 7.59. The Morgan fingerprint density at radius 3 is 3.00 bits per heavy atom. The summed E-state index contributed by atoms with van der Waals surface area (Å²) in [7, 11) is 4.11. The molecule has 2 N–H and O–H groups in total. The molecule has 1 amide bonds. The Bertz CT molecular complexity index is 462. The van der Waals surface area contributed by atoms with E-state index in [1.54, 1.807) is 12.1 Å². The van der Waals surface area contributed by atoms with Gasteiger partial charge in [-0.15, -0.1) is 0 Å². The van der Waals surface area contributed by atoms with E-state index in [0.717, 1.165) is 25.9 Å². The van der Waals surface area contributed by atoms with Crippen molar-refractivity contribution >= 4 is 11.6 Å². The van der Waals surface area contributed by atoms with Crippen molar-refractivity contribution in [1.82, 2.24) is 9.80 Å². The molecule has 1 atom stereocenters. The Hall–Kier alpha value is -1.75. The van der Waals surface area contributed by atoms with Gasteiger partial charge in [-0.1, -0.05) is 6.07 Å². The molecule has 110 valence electrons. The van der Waals surface area contributed by atoms with Crippen molar-refractivity contribution in [3.8, 4) is 5.75 Å². The van der Waals surface area contributed by atoms with Crippen molar-refractivity contribution in [2.24, 2.45) is 0 Å². The van der Waals surface area contributed by atoms with E-state index in [1.165, 1.54) is 0 Å². The number of nitrogens with zero attached hydrogens (tertiary/aromatic N) is 2. The van der Waals surface area contributed by atoms with Crippen molar-refractivity contribution < 1.29 is 9.53 Å². The van der Waals surface area contributed by atoms with Crippen LogP contribution in [0.25, 0.3) is 0 Å². The largest absolute Gasteiger partial charge is 0.484 e. The second-order valence-electron chi connectivity index (χ2n) is 5.46. The molecule has 1 saturated heterocycles. The predicted molar refractivity (Wildman–Crippen MR) is 79.6 cm³/mol. The molecular weight excluding hydrogens is 254 g/mol. The zero-order valence-electron chi connectivity index (χ0n) is 12.2. The fraction of sp³-hybridized carbons (Fsp3) is 0.533. The lowest BCUT2D eigenvalue weighted by Gasteiger charge is -2.36. The number of rotatable bonds is 4. The highest BCUT2D eigenvalue weighted by atomic mass is 16.5. The number of amides is 1. The van der Waals surface area contributed by atoms with Crippen molar-refractivity contribution in [2.75, 3.05) is 39.5 Å². The Kier molecular flexibility index (Phi) is 4.84. The molecule has 1 fully saturated rings. The van der Waals surface area contributed by atoms with Gasteiger partial charge in [-0.25, -0.2) is 0 Å². The first kappa shape index (κ1) is 14.7. The van der Waals surface area contributed by atoms with Crippen LogP contribution in [0.2, 0.25) is 0 Å². The van der Waals surface area contributed by atoms with Gasteiger partial charge in [-0.05, 0) is 39.1 Å². The van der Waals surface area contributed by atoms with E-state index >= 15 is 0 Å². The Morgan fingerprint density at radius 1 is 1.50 bits per heavy atom. The number of likely N-dealkylation sites (tertiary alicyclic amines) is 1. The van der Waals surface area contributed by atoms with Crippen LogP contribution in [0.3, 0.4) is 0 Å². The number of nitrogens with two attached hydrogens (primary N) is 1. The summed E-state index contributed by atoms with van der Waals surface area (Å²) in [5, 5.41) is 0. The second kappa shape index (κ2) is 6.61. The van der Waals surface area contributed by atoms with Gasteiger partial charge in [0.25, 0.3) is 5.91 Å². The van der Waals surface area contributed by atoms with Gasteiger partial charge < -0.3 is 20.3 Å². The number of nitrogen functional groups attached to an aromatic ring is 1. The lowest BCUT2D eigenvalue weighted by molar-refractivity contribution is -0.135. The van der Waals surface area contributed by atoms with Crippen LogP contribution in [-0.2, 0) is 4.79 Å². The number of carbonyl (C=O) groups is 1. The maximum Gasteiger partial charge on any atom is 0.260 e. The van der Waals surface area contributed by atoms with Crippen LogP contribution in [0, 0.1) is 0 Å². The SMILES string of the molecule is CN(C)C1CCCN(C(=O)COc2cccc(N)c2)C1. The highest BCUT2D eigenvalue weighted by Gasteiger charge is 2.24. The van der Waals surface area contributed by atoms with Crippen LogP contribution in [0.1, 0.15) is 12.8 Å². The van der Waals surface area contributed by atoms with Crippen molar-refractivity contribution in [3.05, 3.63) is 24.3 Å². The van der Waals surface area contributed by atoms with Gasteiger partial charge >= 0.3 is 0 Å². The van der Waals surface area contributed by atoms with Crippen LogP contribution >= 0.6 is 0 Å². The quantitative estimate of drug-likeness (QED) is 0.840. The highest BCUT2D eigenvalue weighted by molar-refractivity contribution is 5.78. The molecule has 1 aliphatic rings. The van der Waals surface area contributed by atoms with Gasteiger partial charge in [-0.2, -0.15) is 0 Å². The van der Waals surface area contributed by atoms with Crippen LogP contribution in [0.5, 0.6) is 5.75 Å². The molecule has 5 nitrogen and oxygen atoms in total. The number of benzene rings is 1. The molecule has 20 heavy (non-hydrogen) atoms. The average Bonchev–Trinajstić information content (AvgIpc) is 2.45. The summed E-state index contributed by atoms with van der Waals surface area (Å²) in [6.07, 6.45) is 2.19. The number of carbonyl (C=O) groups excluding carboxylic acids is 1. The highest BCUT2D eigenvalue weighted by Crippen LogP contribution is 2.16. The third kappa shape index (κ3) is 3.87. The number of anilines is 1. The van der Waals surface area contributed by atoms with Crippen LogP contribution in [0.15, 0.2) is 24.3 Å². The topological polar surface area (TPSA) is 58.8 Å². The molecule has 1 unspecified atom stereocenters. The summed E-state index contributed by atoms with van der Waals surface area (Å²) in [4.78, 5) is 16.2. The van der Waals surface area contributed by atoms with E-state index in [2.05, 4.69) is 19.0 Å². The van der Waals surface area contributed by atoms with Gasteiger partial charge in [0.15, 0.2) is 6.61 Å². The average molecular weight is 277 g/mol. The lowest BCUT2D eigenvalue weighted by atomic mass is 10.1. The van der Waals surface area contributed by atoms with E-state index in [4.69, 9.17) is 10.5 Å². The minimum absolute atomic E-state index is 0.0407. The smallest absolute Gasteiger partial charge is 0.260 e. The monoisotopic (exact) mass is 277 g/mol. The summed E-state index contributed by atoms with van der Waals surface area (Å²) < 4.78 is 5.51. The second-order valence-corrected chi connectivity index (χ2v) is 5.46. The molecule has 0 aliphatic carbocycles. The predicted octanol–water partition coefficient (Wildman–Crippen LogP) is 1.20. The minimum Gasteiger partial charge on any atom is -0.484 e. The van der Waals surface area contributed by atoms with Gasteiger partial charge in [0, 0.05) is 30.9 Å². The van der Waals surface area contributed by atoms with Crippen LogP contribution in [0.4, 0.5) is 5.69 Å². The fourth-order valence-corrected chi connectivity index (χ4v) is 2.44. The molecule has 0 bridgehead atoms. The Labute approximate surface area is 120 Å². The Balaban J connectivity index is 1.85. The number of likely N-dealkylation sites (N-methyl/N-ethyl adjacent to an activating group) is 1. The first-order valence-corrected chi connectivity index (χ1v) is 6.99. The third-order valence-electron chi connectivity index (χ3n) is 3.70. The fourth-order valence-electron chi connectivity index (χ4n) is 2.44. The maximum atomic E-state index is 12.2. The molecular formula is C15H23N3O2. The molecule has 1 aromatic carbocycles. The molecule has 1 aromatic rings. The molecule has 5 heteroatoms. The molecule has 0 spiro atoms. The molecule has 2 rings (SSSR count). The van der Waals surface area contributed by atoms with E-state index in [-0.39, 0.29) is 12.5 Å². The standard InChI is InChI=1S/C15H23N3O2/c1-17(2)13-6-4-8-18(10-13)15(19)11-20-14-7-3-5-12(16)9-14/h3,5,7,9,13H,4,6,8,10-11,16H2,1-2H3. The zero-order chi connectivity index (χ0) is 14.5. The van der Waals surface area contributed by atoms with Crippen molar-refractivity contribution in [3.63, 3.8) is 0 Å². The minimum atomic E-state index is 0.0407. The summed E-state index contributed by atoms with van der Waals surface area (Å²) in [5.41, 5.74) is 6.32. The van der Waals surface area contributed by atoms with E-state index in [9.17, 15) is 4.79 Å². The lowest BCUT2D eigenvalue weighted by Crippen LogP contribution is -2.48. The van der Waals surface area contributed by atoms with Gasteiger partial charge in [-0.3, -0.25) is 4.79 Å². The van der Waals surface area contributed by atoms with Crippen LogP contribution < -0.4 is 10.5 Å². The summed E-state index contributed by atoms with van der Waals surface area (Å²) >= 11 is 0. The molecule has 0 saturated carbocycles. The van der Waals surface area contributed by atoms with E-state index < -0.39 is 0 Å². The number of hydrogen-bond acceptors (Lipinski definition) is 4. The van der Waals surface area contributed by atoms with E-state index in [1.807, 2.05) is 17.0 Å². The Morgan fingerprint density at radius 2 is 2.30 bits per heavy atom. The molecule has 1 heterocycles. The normalized spacial score (nSPS) is 19.1. The zero-order valence-corrected chi connectivity index (χ0v) is 12.2. The summed E-state index contributed by atoms with van der Waals surface area (Å²) in [5.74, 6) is 0.679. The molecule has 1 aliphatic heterocycles. The first-order chi connectivity index (χ1) is 9.56. The van der Waals surface area contributed by atoms with Crippen molar-refractivity contribution in [1.29, 1.82) is 0 Å². The van der Waals surface area contributed by atoms with Gasteiger partial charge in [0.2, 0.25) is 0 Å². The number of ether oxygens (including phenoxy) is 1. The first-order valence-electron chi connectivity index (χ1n) is 6.99. The van der Waals surface area contributed by atoms with E-state index in [0.29, 0.717) is 17.5 Å². The van der Waals surface area contributed by atoms with Crippen molar-refractivity contribution in [2.45, 2.75) is 18.9 Å². The van der Waals surface area contributed by atoms with Gasteiger partial charge in [0.1, 0.15) is 5.75 Å². The number of piperidine rings is 1. The van der Waals surface area contributed by atoms with Crippen LogP contribution in [-0.4, -0.2) is 55.5 Å².